The molecule has 25 heavy (non-hydrogen) atoms. The third kappa shape index (κ3) is 2.29. The average Bonchev–Trinajstić information content (AvgIpc) is 2.90. The fraction of sp³-hybridized carbons (Fsp3) is 0. The van der Waals surface area contributed by atoms with Gasteiger partial charge in [0.1, 0.15) is 0 Å². The molecule has 3 aromatic rings. The van der Waals surface area contributed by atoms with Gasteiger partial charge >= 0.3 is 0 Å². The van der Waals surface area contributed by atoms with Crippen LogP contribution in [-0.4, -0.2) is 28.1 Å². The van der Waals surface area contributed by atoms with Gasteiger partial charge in [0.2, 0.25) is 5.88 Å². The van der Waals surface area contributed by atoms with Crippen LogP contribution in [0.3, 0.4) is 0 Å². The number of nitrogens with one attached hydrogen (secondary N) is 2. The highest BCUT2D eigenvalue weighted by atomic mass is 16.3. The first-order valence-corrected chi connectivity index (χ1v) is 7.43. The molecule has 1 aliphatic heterocycles. The number of aromatic amines is 1. The highest BCUT2D eigenvalue weighted by Crippen LogP contribution is 2.27. The average molecular weight is 333 g/mol. The van der Waals surface area contributed by atoms with E-state index in [-0.39, 0.29) is 17.0 Å². The molecule has 0 saturated carbocycles. The Balaban J connectivity index is 1.88. The molecule has 0 unspecified atom stereocenters. The van der Waals surface area contributed by atoms with Crippen molar-refractivity contribution in [2.45, 2.75) is 0 Å². The molecule has 0 radical (unpaired) electrons. The predicted octanol–water partition coefficient (Wildman–Crippen LogP) is 1.87. The minimum atomic E-state index is -0.511. The third-order valence-corrected chi connectivity index (χ3v) is 4.02. The lowest BCUT2D eigenvalue weighted by atomic mass is 10.1. The van der Waals surface area contributed by atoms with E-state index in [9.17, 15) is 19.5 Å². The Bertz CT molecular complexity index is 1140. The van der Waals surface area contributed by atoms with Gasteiger partial charge in [-0.3, -0.25) is 29.7 Å². The maximum atomic E-state index is 11.9. The number of fused-ring (bicyclic) bond motifs is 2. The summed E-state index contributed by atoms with van der Waals surface area (Å²) in [6.07, 6.45) is 1.36. The number of carbonyl (C=O) groups is 2. The number of carbonyl (C=O) groups excluding carboxylic acids is 2. The fourth-order valence-electron chi connectivity index (χ4n) is 2.86. The van der Waals surface area contributed by atoms with E-state index in [0.717, 1.165) is 0 Å². The number of benzene rings is 2. The molecule has 122 valence electrons. The maximum Gasteiger partial charge on any atom is 0.261 e. The molecule has 0 aliphatic carbocycles. The van der Waals surface area contributed by atoms with Crippen molar-refractivity contribution >= 4 is 34.5 Å². The number of hydrogen-bond donors (Lipinski definition) is 3. The fourth-order valence-corrected chi connectivity index (χ4v) is 2.86. The van der Waals surface area contributed by atoms with Crippen LogP contribution in [0.4, 0.5) is 5.69 Å². The van der Waals surface area contributed by atoms with E-state index in [2.05, 4.69) is 15.3 Å². The molecule has 0 spiro atoms. The van der Waals surface area contributed by atoms with Crippen molar-refractivity contribution in [3.63, 3.8) is 0 Å². The highest BCUT2D eigenvalue weighted by molar-refractivity contribution is 6.23. The third-order valence-electron chi connectivity index (χ3n) is 4.02. The Morgan fingerprint density at radius 1 is 0.920 bits per heavy atom. The van der Waals surface area contributed by atoms with E-state index >= 15 is 0 Å². The highest BCUT2D eigenvalue weighted by Gasteiger charge is 2.29. The summed E-state index contributed by atoms with van der Waals surface area (Å²) >= 11 is 0. The summed E-state index contributed by atoms with van der Waals surface area (Å²) < 4.78 is 0. The van der Waals surface area contributed by atoms with E-state index in [1.807, 2.05) is 0 Å². The van der Waals surface area contributed by atoms with Crippen molar-refractivity contribution in [2.24, 2.45) is 4.99 Å². The van der Waals surface area contributed by atoms with Gasteiger partial charge in [0, 0.05) is 17.0 Å². The Morgan fingerprint density at radius 2 is 1.68 bits per heavy atom. The largest absolute Gasteiger partial charge is 0.494 e. The summed E-state index contributed by atoms with van der Waals surface area (Å²) in [7, 11) is 0. The Morgan fingerprint density at radius 3 is 2.48 bits per heavy atom. The molecule has 0 bridgehead atoms. The minimum Gasteiger partial charge on any atom is -0.494 e. The molecular weight excluding hydrogens is 322 g/mol. The SMILES string of the molecule is O=C1NC(=O)c2c(N=Cc3c(O)[nH]c(=O)c4ccccc34)cccc21. The van der Waals surface area contributed by atoms with E-state index in [4.69, 9.17) is 0 Å². The predicted molar refractivity (Wildman–Crippen MR) is 91.7 cm³/mol. The molecule has 2 aromatic carbocycles. The van der Waals surface area contributed by atoms with Gasteiger partial charge in [-0.25, -0.2) is 0 Å². The summed E-state index contributed by atoms with van der Waals surface area (Å²) in [5.41, 5.74) is 0.663. The van der Waals surface area contributed by atoms with E-state index in [0.29, 0.717) is 22.0 Å². The van der Waals surface area contributed by atoms with Crippen LogP contribution in [0.1, 0.15) is 26.3 Å². The van der Waals surface area contributed by atoms with Crippen molar-refractivity contribution in [2.75, 3.05) is 0 Å². The summed E-state index contributed by atoms with van der Waals surface area (Å²) in [6.45, 7) is 0. The zero-order valence-corrected chi connectivity index (χ0v) is 12.7. The topological polar surface area (TPSA) is 112 Å². The number of H-pyrrole nitrogens is 1. The van der Waals surface area contributed by atoms with Gasteiger partial charge in [-0.1, -0.05) is 24.3 Å². The first-order valence-electron chi connectivity index (χ1n) is 7.43. The van der Waals surface area contributed by atoms with Crippen LogP contribution in [0.2, 0.25) is 0 Å². The molecule has 3 N–H and O–H groups in total. The molecule has 7 nitrogen and oxygen atoms in total. The molecule has 0 saturated heterocycles. The number of amides is 2. The van der Waals surface area contributed by atoms with Gasteiger partial charge in [0.25, 0.3) is 17.4 Å². The van der Waals surface area contributed by atoms with E-state index < -0.39 is 17.4 Å². The number of hydrogen-bond acceptors (Lipinski definition) is 5. The second-order valence-electron chi connectivity index (χ2n) is 5.50. The lowest BCUT2D eigenvalue weighted by molar-refractivity contribution is 0.0880. The number of aliphatic imine (C=N–C) groups is 1. The zero-order chi connectivity index (χ0) is 17.6. The van der Waals surface area contributed by atoms with Crippen LogP contribution in [0.5, 0.6) is 5.88 Å². The second-order valence-corrected chi connectivity index (χ2v) is 5.50. The molecule has 1 aromatic heterocycles. The maximum absolute atomic E-state index is 11.9. The van der Waals surface area contributed by atoms with Gasteiger partial charge in [0.15, 0.2) is 0 Å². The van der Waals surface area contributed by atoms with Crippen LogP contribution in [0.25, 0.3) is 10.8 Å². The number of nitrogens with zero attached hydrogens (tertiary/aromatic N) is 1. The number of imide groups is 1. The van der Waals surface area contributed by atoms with Crippen molar-refractivity contribution < 1.29 is 14.7 Å². The summed E-state index contributed by atoms with van der Waals surface area (Å²) in [5.74, 6) is -1.29. The van der Waals surface area contributed by atoms with Crippen LogP contribution in [0, 0.1) is 0 Å². The van der Waals surface area contributed by atoms with E-state index in [1.54, 1.807) is 42.5 Å². The summed E-state index contributed by atoms with van der Waals surface area (Å²) in [4.78, 5) is 42.2. The number of aromatic hydroxyl groups is 1. The second kappa shape index (κ2) is 5.41. The molecular formula is C18H11N3O4. The van der Waals surface area contributed by atoms with E-state index in [1.165, 1.54) is 6.21 Å². The van der Waals surface area contributed by atoms with Gasteiger partial charge in [0.05, 0.1) is 22.4 Å². The molecule has 1 aliphatic rings. The number of rotatable bonds is 2. The van der Waals surface area contributed by atoms with Crippen molar-refractivity contribution in [1.29, 1.82) is 0 Å². The van der Waals surface area contributed by atoms with Crippen molar-refractivity contribution in [3.8, 4) is 5.88 Å². The summed E-state index contributed by atoms with van der Waals surface area (Å²) in [6, 6.07) is 11.5. The Labute approximate surface area is 140 Å². The first kappa shape index (κ1) is 14.8. The Kier molecular flexibility index (Phi) is 3.21. The summed E-state index contributed by atoms with van der Waals surface area (Å²) in [5, 5.41) is 13.2. The smallest absolute Gasteiger partial charge is 0.261 e. The van der Waals surface area contributed by atoms with Gasteiger partial charge in [-0.05, 0) is 18.2 Å². The molecule has 7 heteroatoms. The van der Waals surface area contributed by atoms with Gasteiger partial charge in [-0.15, -0.1) is 0 Å². The lowest BCUT2D eigenvalue weighted by Crippen LogP contribution is -2.19. The van der Waals surface area contributed by atoms with Crippen LogP contribution >= 0.6 is 0 Å². The van der Waals surface area contributed by atoms with Crippen LogP contribution < -0.4 is 10.9 Å². The minimum absolute atomic E-state index is 0.192. The monoisotopic (exact) mass is 333 g/mol. The first-order chi connectivity index (χ1) is 12.1. The zero-order valence-electron chi connectivity index (χ0n) is 12.7. The van der Waals surface area contributed by atoms with Crippen molar-refractivity contribution in [1.82, 2.24) is 10.3 Å². The van der Waals surface area contributed by atoms with Crippen LogP contribution in [0.15, 0.2) is 52.3 Å². The normalized spacial score (nSPS) is 13.4. The standard InChI is InChI=1S/C18H11N3O4/c22-15-10-5-2-1-4-9(10)12(17(24)20-15)8-19-13-7-3-6-11-14(13)18(25)21-16(11)23/h1-8H,(H2,20,22,24)(H,21,23,25). The van der Waals surface area contributed by atoms with Gasteiger partial charge < -0.3 is 5.11 Å². The lowest BCUT2D eigenvalue weighted by Gasteiger charge is -2.05. The molecule has 4 rings (SSSR count). The number of pyridine rings is 1. The molecule has 0 atom stereocenters. The quantitative estimate of drug-likeness (QED) is 0.491. The van der Waals surface area contributed by atoms with Gasteiger partial charge in [-0.2, -0.15) is 0 Å². The Hall–Kier alpha value is -3.74. The molecule has 0 fully saturated rings. The van der Waals surface area contributed by atoms with Crippen LogP contribution in [-0.2, 0) is 0 Å². The molecule has 2 amide bonds. The number of aromatic nitrogens is 1. The molecule has 2 heterocycles. The van der Waals surface area contributed by atoms with Crippen molar-refractivity contribution in [3.05, 3.63) is 69.5 Å².